The molecule has 0 spiro atoms. The molecular weight excluding hydrogens is 278 g/mol. The van der Waals surface area contributed by atoms with Crippen molar-refractivity contribution >= 4 is 27.0 Å². The largest absolute Gasteiger partial charge is 0.331 e. The number of benzene rings is 1. The van der Waals surface area contributed by atoms with Gasteiger partial charge in [-0.1, -0.05) is 6.07 Å². The zero-order chi connectivity index (χ0) is 11.8. The molecule has 1 aromatic heterocycles. The molecule has 1 aliphatic rings. The van der Waals surface area contributed by atoms with Crippen molar-refractivity contribution < 1.29 is 0 Å². The van der Waals surface area contributed by atoms with E-state index in [4.69, 9.17) is 4.98 Å². The minimum Gasteiger partial charge on any atom is -0.331 e. The third kappa shape index (κ3) is 1.89. The fourth-order valence-electron chi connectivity index (χ4n) is 2.64. The molecule has 0 atom stereocenters. The van der Waals surface area contributed by atoms with E-state index in [9.17, 15) is 0 Å². The lowest BCUT2D eigenvalue weighted by Gasteiger charge is -2.22. The van der Waals surface area contributed by atoms with Gasteiger partial charge in [0.15, 0.2) is 0 Å². The summed E-state index contributed by atoms with van der Waals surface area (Å²) in [6, 6.07) is 6.26. The highest BCUT2D eigenvalue weighted by Gasteiger charge is 2.21. The highest BCUT2D eigenvalue weighted by molar-refractivity contribution is 9.10. The Morgan fingerprint density at radius 3 is 2.82 bits per heavy atom. The maximum atomic E-state index is 4.82. The minimum absolute atomic E-state index is 0.598. The Bertz CT molecular complexity index is 541. The van der Waals surface area contributed by atoms with Crippen molar-refractivity contribution in [3.63, 3.8) is 0 Å². The quantitative estimate of drug-likeness (QED) is 0.876. The van der Waals surface area contributed by atoms with Crippen molar-refractivity contribution in [1.29, 1.82) is 0 Å². The fourth-order valence-corrected chi connectivity index (χ4v) is 3.09. The standard InChI is InChI=1S/C13H16BrN3/c1-17-11-4-2-3-10(14)12(11)16-13(17)9-5-7-15-8-6-9/h2-4,9,15H,5-8H2,1H3. The van der Waals surface area contributed by atoms with E-state index in [1.54, 1.807) is 0 Å². The molecule has 2 heterocycles. The smallest absolute Gasteiger partial charge is 0.112 e. The van der Waals surface area contributed by atoms with Gasteiger partial charge in [-0.05, 0) is 54.0 Å². The number of aryl methyl sites for hydroxylation is 1. The number of halogens is 1. The van der Waals surface area contributed by atoms with E-state index in [0.29, 0.717) is 5.92 Å². The Hall–Kier alpha value is -0.870. The van der Waals surface area contributed by atoms with Crippen LogP contribution < -0.4 is 5.32 Å². The number of hydrogen-bond donors (Lipinski definition) is 1. The Kier molecular flexibility index (Phi) is 2.92. The number of imidazole rings is 1. The third-order valence-corrected chi connectivity index (χ3v) is 4.24. The van der Waals surface area contributed by atoms with Crippen LogP contribution in [0.3, 0.4) is 0 Å². The predicted octanol–water partition coefficient (Wildman–Crippen LogP) is 2.80. The maximum absolute atomic E-state index is 4.82. The zero-order valence-electron chi connectivity index (χ0n) is 9.91. The summed E-state index contributed by atoms with van der Waals surface area (Å²) >= 11 is 3.58. The van der Waals surface area contributed by atoms with Gasteiger partial charge in [-0.3, -0.25) is 0 Å². The van der Waals surface area contributed by atoms with Crippen LogP contribution in [0, 0.1) is 0 Å². The summed E-state index contributed by atoms with van der Waals surface area (Å²) < 4.78 is 3.33. The van der Waals surface area contributed by atoms with E-state index in [0.717, 1.165) is 23.1 Å². The first-order valence-corrected chi connectivity index (χ1v) is 6.88. The van der Waals surface area contributed by atoms with Gasteiger partial charge in [0.1, 0.15) is 11.3 Å². The molecule has 90 valence electrons. The molecule has 0 unspecified atom stereocenters. The van der Waals surface area contributed by atoms with Gasteiger partial charge in [-0.2, -0.15) is 0 Å². The first kappa shape index (κ1) is 11.2. The van der Waals surface area contributed by atoms with Crippen LogP contribution in [0.25, 0.3) is 11.0 Å². The van der Waals surface area contributed by atoms with Crippen LogP contribution in [0.1, 0.15) is 24.6 Å². The summed E-state index contributed by atoms with van der Waals surface area (Å²) in [4.78, 5) is 4.82. The summed E-state index contributed by atoms with van der Waals surface area (Å²) in [7, 11) is 2.12. The molecule has 3 nitrogen and oxygen atoms in total. The average Bonchev–Trinajstić information content (AvgIpc) is 2.70. The SMILES string of the molecule is Cn1c(C2CCNCC2)nc2c(Br)cccc21. The van der Waals surface area contributed by atoms with Gasteiger partial charge in [-0.15, -0.1) is 0 Å². The van der Waals surface area contributed by atoms with Crippen LogP contribution in [0.4, 0.5) is 0 Å². The van der Waals surface area contributed by atoms with Gasteiger partial charge in [-0.25, -0.2) is 4.98 Å². The molecule has 1 aliphatic heterocycles. The molecule has 1 N–H and O–H groups in total. The molecule has 3 rings (SSSR count). The second-order valence-corrected chi connectivity index (χ2v) is 5.52. The molecule has 17 heavy (non-hydrogen) atoms. The van der Waals surface area contributed by atoms with Crippen molar-refractivity contribution in [2.24, 2.45) is 7.05 Å². The second-order valence-electron chi connectivity index (χ2n) is 4.66. The number of nitrogens with zero attached hydrogens (tertiary/aromatic N) is 2. The number of hydrogen-bond acceptors (Lipinski definition) is 2. The summed E-state index contributed by atoms with van der Waals surface area (Å²) in [6.07, 6.45) is 2.38. The number of nitrogens with one attached hydrogen (secondary N) is 1. The predicted molar refractivity (Wildman–Crippen MR) is 73.3 cm³/mol. The van der Waals surface area contributed by atoms with E-state index in [-0.39, 0.29) is 0 Å². The van der Waals surface area contributed by atoms with Crippen LogP contribution >= 0.6 is 15.9 Å². The van der Waals surface area contributed by atoms with Crippen molar-refractivity contribution in [1.82, 2.24) is 14.9 Å². The zero-order valence-corrected chi connectivity index (χ0v) is 11.5. The van der Waals surface area contributed by atoms with E-state index < -0.39 is 0 Å². The highest BCUT2D eigenvalue weighted by Crippen LogP contribution is 2.30. The number of rotatable bonds is 1. The first-order chi connectivity index (χ1) is 8.27. The van der Waals surface area contributed by atoms with Crippen LogP contribution in [-0.4, -0.2) is 22.6 Å². The second kappa shape index (κ2) is 4.42. The van der Waals surface area contributed by atoms with Gasteiger partial charge in [0, 0.05) is 17.4 Å². The molecule has 1 aromatic carbocycles. The van der Waals surface area contributed by atoms with Crippen LogP contribution in [0.15, 0.2) is 22.7 Å². The molecule has 1 fully saturated rings. The summed E-state index contributed by atoms with van der Waals surface area (Å²) in [5.74, 6) is 1.83. The van der Waals surface area contributed by atoms with Crippen molar-refractivity contribution in [2.45, 2.75) is 18.8 Å². The molecule has 0 saturated carbocycles. The normalized spacial score (nSPS) is 17.8. The first-order valence-electron chi connectivity index (χ1n) is 6.09. The number of fused-ring (bicyclic) bond motifs is 1. The molecule has 0 bridgehead atoms. The summed E-state index contributed by atoms with van der Waals surface area (Å²) in [5, 5.41) is 3.40. The lowest BCUT2D eigenvalue weighted by Crippen LogP contribution is -2.27. The summed E-state index contributed by atoms with van der Waals surface area (Å²) in [5.41, 5.74) is 2.30. The van der Waals surface area contributed by atoms with E-state index >= 15 is 0 Å². The van der Waals surface area contributed by atoms with Crippen molar-refractivity contribution in [3.05, 3.63) is 28.5 Å². The summed E-state index contributed by atoms with van der Waals surface area (Å²) in [6.45, 7) is 2.21. The Morgan fingerprint density at radius 2 is 2.12 bits per heavy atom. The molecule has 0 aliphatic carbocycles. The van der Waals surface area contributed by atoms with E-state index in [2.05, 4.69) is 51.1 Å². The fraction of sp³-hybridized carbons (Fsp3) is 0.462. The molecule has 0 amide bonds. The van der Waals surface area contributed by atoms with Gasteiger partial charge in [0.2, 0.25) is 0 Å². The van der Waals surface area contributed by atoms with Crippen LogP contribution in [0.2, 0.25) is 0 Å². The number of piperidine rings is 1. The van der Waals surface area contributed by atoms with Gasteiger partial charge in [0.25, 0.3) is 0 Å². The third-order valence-electron chi connectivity index (χ3n) is 3.60. The van der Waals surface area contributed by atoms with Crippen molar-refractivity contribution in [2.75, 3.05) is 13.1 Å². The number of para-hydroxylation sites is 1. The Balaban J connectivity index is 2.10. The van der Waals surface area contributed by atoms with E-state index in [1.165, 1.54) is 24.2 Å². The molecule has 4 heteroatoms. The minimum atomic E-state index is 0.598. The van der Waals surface area contributed by atoms with Gasteiger partial charge >= 0.3 is 0 Å². The highest BCUT2D eigenvalue weighted by atomic mass is 79.9. The molecule has 0 radical (unpaired) electrons. The monoisotopic (exact) mass is 293 g/mol. The Labute approximate surface area is 109 Å². The lowest BCUT2D eigenvalue weighted by atomic mass is 9.97. The van der Waals surface area contributed by atoms with E-state index in [1.807, 2.05) is 0 Å². The average molecular weight is 294 g/mol. The van der Waals surface area contributed by atoms with Crippen LogP contribution in [-0.2, 0) is 7.05 Å². The topological polar surface area (TPSA) is 29.9 Å². The van der Waals surface area contributed by atoms with Crippen molar-refractivity contribution in [3.8, 4) is 0 Å². The molecular formula is C13H16BrN3. The lowest BCUT2D eigenvalue weighted by molar-refractivity contribution is 0.438. The van der Waals surface area contributed by atoms with Gasteiger partial charge < -0.3 is 9.88 Å². The van der Waals surface area contributed by atoms with Crippen LogP contribution in [0.5, 0.6) is 0 Å². The molecule has 1 saturated heterocycles. The molecule has 2 aromatic rings. The number of aromatic nitrogens is 2. The van der Waals surface area contributed by atoms with Gasteiger partial charge in [0.05, 0.1) is 5.52 Å². The maximum Gasteiger partial charge on any atom is 0.112 e. The Morgan fingerprint density at radius 1 is 1.35 bits per heavy atom.